The van der Waals surface area contributed by atoms with Gasteiger partial charge in [0.25, 0.3) is 0 Å². The molecule has 1 aromatic carbocycles. The molecular weight excluding hydrogens is 234 g/mol. The van der Waals surface area contributed by atoms with E-state index < -0.39 is 0 Å². The number of rotatable bonds is 3. The summed E-state index contributed by atoms with van der Waals surface area (Å²) in [5.41, 5.74) is 2.14. The third kappa shape index (κ3) is 2.99. The Morgan fingerprint density at radius 2 is 1.74 bits per heavy atom. The molecular formula is C16H17N3. The lowest BCUT2D eigenvalue weighted by molar-refractivity contribution is 0.896. The average Bonchev–Trinajstić information content (AvgIpc) is 3.01. The predicted octanol–water partition coefficient (Wildman–Crippen LogP) is 3.25. The number of aromatic nitrogens is 2. The molecule has 1 fully saturated rings. The maximum absolute atomic E-state index is 4.60. The van der Waals surface area contributed by atoms with Crippen LogP contribution in [0.1, 0.15) is 24.1 Å². The molecule has 19 heavy (non-hydrogen) atoms. The molecule has 96 valence electrons. The molecule has 1 aliphatic heterocycles. The highest BCUT2D eigenvalue weighted by Crippen LogP contribution is 2.16. The molecule has 0 unspecified atom stereocenters. The standard InChI is InChI=1S/C16H17N3/c1-2-6-14(7-3-1)8-9-15-10-11-17-16(18-15)19-12-4-5-13-19/h1-3,6-11H,4-5,12-13H2/b9-8+. The summed E-state index contributed by atoms with van der Waals surface area (Å²) in [5, 5.41) is 0. The first-order valence-electron chi connectivity index (χ1n) is 6.73. The molecule has 3 rings (SSSR count). The molecule has 2 heterocycles. The zero-order valence-electron chi connectivity index (χ0n) is 10.9. The van der Waals surface area contributed by atoms with Crippen molar-refractivity contribution < 1.29 is 0 Å². The topological polar surface area (TPSA) is 29.0 Å². The van der Waals surface area contributed by atoms with Crippen molar-refractivity contribution in [3.05, 3.63) is 53.9 Å². The Balaban J connectivity index is 1.78. The highest BCUT2D eigenvalue weighted by atomic mass is 15.3. The van der Waals surface area contributed by atoms with Crippen LogP contribution in [0.5, 0.6) is 0 Å². The Morgan fingerprint density at radius 1 is 0.947 bits per heavy atom. The minimum absolute atomic E-state index is 0.854. The van der Waals surface area contributed by atoms with Gasteiger partial charge in [-0.05, 0) is 30.5 Å². The maximum atomic E-state index is 4.60. The first kappa shape index (κ1) is 11.9. The zero-order chi connectivity index (χ0) is 12.9. The molecule has 1 aromatic heterocycles. The van der Waals surface area contributed by atoms with Crippen LogP contribution < -0.4 is 4.90 Å². The first-order valence-corrected chi connectivity index (χ1v) is 6.73. The maximum Gasteiger partial charge on any atom is 0.225 e. The van der Waals surface area contributed by atoms with Crippen molar-refractivity contribution >= 4 is 18.1 Å². The van der Waals surface area contributed by atoms with Crippen LogP contribution in [0.25, 0.3) is 12.2 Å². The molecule has 0 bridgehead atoms. The van der Waals surface area contributed by atoms with Gasteiger partial charge in [0.1, 0.15) is 0 Å². The van der Waals surface area contributed by atoms with Crippen LogP contribution >= 0.6 is 0 Å². The monoisotopic (exact) mass is 251 g/mol. The van der Waals surface area contributed by atoms with E-state index in [1.807, 2.05) is 36.5 Å². The summed E-state index contributed by atoms with van der Waals surface area (Å²) in [6.45, 7) is 2.15. The lowest BCUT2D eigenvalue weighted by Crippen LogP contribution is -2.20. The molecule has 0 saturated carbocycles. The van der Waals surface area contributed by atoms with Crippen LogP contribution in [0, 0.1) is 0 Å². The van der Waals surface area contributed by atoms with Gasteiger partial charge in [0.2, 0.25) is 5.95 Å². The van der Waals surface area contributed by atoms with Crippen LogP contribution in [-0.2, 0) is 0 Å². The normalized spacial score (nSPS) is 15.3. The second-order valence-electron chi connectivity index (χ2n) is 4.72. The second-order valence-corrected chi connectivity index (χ2v) is 4.72. The minimum atomic E-state index is 0.854. The van der Waals surface area contributed by atoms with Crippen LogP contribution in [0.15, 0.2) is 42.6 Å². The first-order chi connectivity index (χ1) is 9.42. The van der Waals surface area contributed by atoms with Crippen LogP contribution in [-0.4, -0.2) is 23.1 Å². The number of benzene rings is 1. The third-order valence-corrected chi connectivity index (χ3v) is 3.30. The van der Waals surface area contributed by atoms with E-state index in [1.54, 1.807) is 0 Å². The number of hydrogen-bond acceptors (Lipinski definition) is 3. The molecule has 0 aliphatic carbocycles. The molecule has 2 aromatic rings. The van der Waals surface area contributed by atoms with Gasteiger partial charge in [-0.3, -0.25) is 0 Å². The summed E-state index contributed by atoms with van der Waals surface area (Å²) < 4.78 is 0. The molecule has 1 saturated heterocycles. The van der Waals surface area contributed by atoms with Crippen molar-refractivity contribution in [3.8, 4) is 0 Å². The van der Waals surface area contributed by atoms with Crippen molar-refractivity contribution in [2.75, 3.05) is 18.0 Å². The van der Waals surface area contributed by atoms with Crippen molar-refractivity contribution in [3.63, 3.8) is 0 Å². The van der Waals surface area contributed by atoms with Crippen molar-refractivity contribution in [1.29, 1.82) is 0 Å². The molecule has 3 nitrogen and oxygen atoms in total. The van der Waals surface area contributed by atoms with Gasteiger partial charge in [-0.15, -0.1) is 0 Å². The van der Waals surface area contributed by atoms with Gasteiger partial charge in [0.15, 0.2) is 0 Å². The summed E-state index contributed by atoms with van der Waals surface area (Å²) in [6.07, 6.45) is 8.44. The van der Waals surface area contributed by atoms with Crippen molar-refractivity contribution in [1.82, 2.24) is 9.97 Å². The van der Waals surface area contributed by atoms with Crippen LogP contribution in [0.2, 0.25) is 0 Å². The van der Waals surface area contributed by atoms with E-state index in [0.717, 1.165) is 24.7 Å². The fourth-order valence-electron chi connectivity index (χ4n) is 2.27. The second kappa shape index (κ2) is 5.65. The lowest BCUT2D eigenvalue weighted by Gasteiger charge is -2.14. The van der Waals surface area contributed by atoms with Crippen molar-refractivity contribution in [2.45, 2.75) is 12.8 Å². The van der Waals surface area contributed by atoms with Gasteiger partial charge in [0, 0.05) is 19.3 Å². The summed E-state index contributed by atoms with van der Waals surface area (Å²) in [5.74, 6) is 0.854. The summed E-state index contributed by atoms with van der Waals surface area (Å²) in [6, 6.07) is 12.2. The fourth-order valence-corrected chi connectivity index (χ4v) is 2.27. The van der Waals surface area contributed by atoms with Gasteiger partial charge >= 0.3 is 0 Å². The Kier molecular flexibility index (Phi) is 3.54. The summed E-state index contributed by atoms with van der Waals surface area (Å²) in [7, 11) is 0. The Labute approximate surface area is 113 Å². The van der Waals surface area contributed by atoms with E-state index in [9.17, 15) is 0 Å². The van der Waals surface area contributed by atoms with Gasteiger partial charge in [-0.1, -0.05) is 36.4 Å². The van der Waals surface area contributed by atoms with E-state index >= 15 is 0 Å². The highest BCUT2D eigenvalue weighted by molar-refractivity contribution is 5.68. The van der Waals surface area contributed by atoms with Crippen LogP contribution in [0.4, 0.5) is 5.95 Å². The Bertz CT molecular complexity index is 557. The van der Waals surface area contributed by atoms with Gasteiger partial charge in [0.05, 0.1) is 5.69 Å². The Hall–Kier alpha value is -2.16. The third-order valence-electron chi connectivity index (χ3n) is 3.30. The molecule has 0 atom stereocenters. The SMILES string of the molecule is C(=C\c1ccnc(N2CCCC2)n1)/c1ccccc1. The van der Waals surface area contributed by atoms with E-state index in [-0.39, 0.29) is 0 Å². The average molecular weight is 251 g/mol. The molecule has 0 spiro atoms. The van der Waals surface area contributed by atoms with Gasteiger partial charge in [-0.2, -0.15) is 0 Å². The van der Waals surface area contributed by atoms with Crippen molar-refractivity contribution in [2.24, 2.45) is 0 Å². The van der Waals surface area contributed by atoms with Gasteiger partial charge < -0.3 is 4.90 Å². The Morgan fingerprint density at radius 3 is 2.53 bits per heavy atom. The number of nitrogens with zero attached hydrogens (tertiary/aromatic N) is 3. The lowest BCUT2D eigenvalue weighted by atomic mass is 10.2. The molecule has 3 heteroatoms. The smallest absolute Gasteiger partial charge is 0.225 e. The van der Waals surface area contributed by atoms with Crippen LogP contribution in [0.3, 0.4) is 0 Å². The van der Waals surface area contributed by atoms with E-state index in [2.05, 4.69) is 33.1 Å². The fraction of sp³-hybridized carbons (Fsp3) is 0.250. The van der Waals surface area contributed by atoms with E-state index in [0.29, 0.717) is 0 Å². The molecule has 0 radical (unpaired) electrons. The predicted molar refractivity (Wildman–Crippen MR) is 78.8 cm³/mol. The quantitative estimate of drug-likeness (QED) is 0.838. The number of hydrogen-bond donors (Lipinski definition) is 0. The van der Waals surface area contributed by atoms with E-state index in [4.69, 9.17) is 0 Å². The van der Waals surface area contributed by atoms with Gasteiger partial charge in [-0.25, -0.2) is 9.97 Å². The molecule has 0 amide bonds. The minimum Gasteiger partial charge on any atom is -0.341 e. The summed E-state index contributed by atoms with van der Waals surface area (Å²) >= 11 is 0. The highest BCUT2D eigenvalue weighted by Gasteiger charge is 2.14. The number of anilines is 1. The van der Waals surface area contributed by atoms with E-state index in [1.165, 1.54) is 18.4 Å². The summed E-state index contributed by atoms with van der Waals surface area (Å²) in [4.78, 5) is 11.2. The largest absolute Gasteiger partial charge is 0.341 e. The molecule has 0 N–H and O–H groups in total. The molecule has 1 aliphatic rings. The zero-order valence-corrected chi connectivity index (χ0v) is 10.9.